The Morgan fingerprint density at radius 1 is 1.45 bits per heavy atom. The third-order valence-electron chi connectivity index (χ3n) is 4.21. The molecule has 4 heteroatoms. The Bertz CT molecular complexity index is 549. The van der Waals surface area contributed by atoms with Crippen LogP contribution in [0.3, 0.4) is 0 Å². The Morgan fingerprint density at radius 3 is 2.65 bits per heavy atom. The van der Waals surface area contributed by atoms with Gasteiger partial charge in [0.1, 0.15) is 5.78 Å². The molecule has 3 atom stereocenters. The van der Waals surface area contributed by atoms with Crippen molar-refractivity contribution in [2.75, 3.05) is 12.0 Å². The maximum atomic E-state index is 12.1. The van der Waals surface area contributed by atoms with E-state index in [1.165, 1.54) is 11.8 Å². The van der Waals surface area contributed by atoms with Crippen LogP contribution in [-0.4, -0.2) is 22.0 Å². The summed E-state index contributed by atoms with van der Waals surface area (Å²) in [4.78, 5) is 12.1. The van der Waals surface area contributed by atoms with Crippen LogP contribution in [0, 0.1) is 22.7 Å². The smallest absolute Gasteiger partial charge is 0.149 e. The first-order valence-electron chi connectivity index (χ1n) is 6.85. The number of hydrogen-bond acceptors (Lipinski definition) is 3. The van der Waals surface area contributed by atoms with Crippen molar-refractivity contribution in [1.29, 1.82) is 5.26 Å². The van der Waals surface area contributed by atoms with E-state index in [0.717, 1.165) is 19.3 Å². The summed E-state index contributed by atoms with van der Waals surface area (Å²) in [5.41, 5.74) is 0.658. The average molecular weight is 289 g/mol. The molecule has 0 heterocycles. The molecule has 1 aromatic rings. The second-order valence-corrected chi connectivity index (χ2v) is 6.96. The molecule has 1 aliphatic rings. The van der Waals surface area contributed by atoms with Gasteiger partial charge in [0.15, 0.2) is 0 Å². The van der Waals surface area contributed by atoms with Gasteiger partial charge in [0.25, 0.3) is 0 Å². The molecule has 0 spiro atoms. The predicted molar refractivity (Wildman–Crippen MR) is 79.5 cm³/mol. The van der Waals surface area contributed by atoms with Crippen LogP contribution >= 0.6 is 0 Å². The molecule has 0 amide bonds. The van der Waals surface area contributed by atoms with Gasteiger partial charge >= 0.3 is 0 Å². The summed E-state index contributed by atoms with van der Waals surface area (Å²) in [5.74, 6) is -0.147. The second-order valence-electron chi connectivity index (χ2n) is 5.53. The highest BCUT2D eigenvalue weighted by molar-refractivity contribution is 7.85. The minimum absolute atomic E-state index is 0.00769. The number of benzene rings is 1. The molecular weight excluding hydrogens is 270 g/mol. The molecule has 0 bridgehead atoms. The first kappa shape index (κ1) is 14.9. The number of carbonyl (C=O) groups excluding carboxylic acids is 1. The Balaban J connectivity index is 2.01. The quantitative estimate of drug-likeness (QED) is 0.808. The normalized spacial score (nSPS) is 26.3. The highest BCUT2D eigenvalue weighted by Crippen LogP contribution is 2.50. The molecule has 1 saturated carbocycles. The standard InChI is InChI=1S/C16H19NO2S/c1-20(19)11-15(18)14-8-10-16(14,12-17)9-7-13-5-3-2-4-6-13/h2-6,14H,7-11H2,1H3. The van der Waals surface area contributed by atoms with Gasteiger partial charge in [-0.3, -0.25) is 9.00 Å². The molecule has 0 radical (unpaired) electrons. The van der Waals surface area contributed by atoms with E-state index in [9.17, 15) is 14.3 Å². The number of Topliss-reactive ketones (excluding diaryl/α,β-unsaturated/α-hetero) is 1. The number of carbonyl (C=O) groups is 1. The second kappa shape index (κ2) is 6.32. The van der Waals surface area contributed by atoms with Crippen molar-refractivity contribution in [3.05, 3.63) is 35.9 Å². The zero-order chi connectivity index (χ0) is 14.6. The van der Waals surface area contributed by atoms with Crippen molar-refractivity contribution < 1.29 is 9.00 Å². The van der Waals surface area contributed by atoms with E-state index in [2.05, 4.69) is 6.07 Å². The van der Waals surface area contributed by atoms with Gasteiger partial charge in [0.2, 0.25) is 0 Å². The summed E-state index contributed by atoms with van der Waals surface area (Å²) in [6.07, 6.45) is 4.60. The van der Waals surface area contributed by atoms with Crippen LogP contribution in [0.5, 0.6) is 0 Å². The van der Waals surface area contributed by atoms with Crippen LogP contribution in [0.25, 0.3) is 0 Å². The molecule has 1 aromatic carbocycles. The minimum atomic E-state index is -1.12. The molecule has 106 valence electrons. The zero-order valence-electron chi connectivity index (χ0n) is 11.7. The van der Waals surface area contributed by atoms with Crippen LogP contribution in [0.15, 0.2) is 30.3 Å². The predicted octanol–water partition coefficient (Wildman–Crippen LogP) is 2.49. The van der Waals surface area contributed by atoms with Gasteiger partial charge in [0.05, 0.1) is 17.2 Å². The Morgan fingerprint density at radius 2 is 2.15 bits per heavy atom. The number of ketones is 1. The maximum absolute atomic E-state index is 12.1. The van der Waals surface area contributed by atoms with Gasteiger partial charge in [-0.05, 0) is 31.2 Å². The van der Waals surface area contributed by atoms with Crippen molar-refractivity contribution in [3.63, 3.8) is 0 Å². The summed E-state index contributed by atoms with van der Waals surface area (Å²) < 4.78 is 11.2. The van der Waals surface area contributed by atoms with Crippen LogP contribution < -0.4 is 0 Å². The van der Waals surface area contributed by atoms with Crippen molar-refractivity contribution in [1.82, 2.24) is 0 Å². The molecule has 1 fully saturated rings. The molecule has 20 heavy (non-hydrogen) atoms. The maximum Gasteiger partial charge on any atom is 0.149 e. The zero-order valence-corrected chi connectivity index (χ0v) is 12.5. The first-order chi connectivity index (χ1) is 9.57. The Hall–Kier alpha value is -1.47. The molecule has 0 aromatic heterocycles. The lowest BCUT2D eigenvalue weighted by atomic mass is 9.57. The monoisotopic (exact) mass is 289 g/mol. The van der Waals surface area contributed by atoms with E-state index >= 15 is 0 Å². The van der Waals surface area contributed by atoms with Gasteiger partial charge in [0, 0.05) is 23.0 Å². The van der Waals surface area contributed by atoms with Crippen molar-refractivity contribution in [3.8, 4) is 6.07 Å². The molecule has 3 nitrogen and oxygen atoms in total. The third-order valence-corrected chi connectivity index (χ3v) is 4.90. The number of aryl methyl sites for hydroxylation is 1. The minimum Gasteiger partial charge on any atom is -0.298 e. The first-order valence-corrected chi connectivity index (χ1v) is 8.58. The topological polar surface area (TPSA) is 57.9 Å². The average Bonchev–Trinajstić information content (AvgIpc) is 2.39. The van der Waals surface area contributed by atoms with Crippen LogP contribution in [0.2, 0.25) is 0 Å². The van der Waals surface area contributed by atoms with E-state index in [1.54, 1.807) is 0 Å². The lowest BCUT2D eigenvalue weighted by Gasteiger charge is -2.43. The van der Waals surface area contributed by atoms with Gasteiger partial charge in [-0.25, -0.2) is 0 Å². The summed E-state index contributed by atoms with van der Waals surface area (Å²) in [5, 5.41) is 9.49. The van der Waals surface area contributed by atoms with Gasteiger partial charge in [-0.15, -0.1) is 0 Å². The number of nitrogens with zero attached hydrogens (tertiary/aromatic N) is 1. The van der Waals surface area contributed by atoms with E-state index in [-0.39, 0.29) is 17.5 Å². The van der Waals surface area contributed by atoms with Gasteiger partial charge in [-0.1, -0.05) is 30.3 Å². The highest BCUT2D eigenvalue weighted by atomic mass is 32.2. The van der Waals surface area contributed by atoms with Crippen LogP contribution in [0.1, 0.15) is 24.8 Å². The van der Waals surface area contributed by atoms with Crippen LogP contribution in [0.4, 0.5) is 0 Å². The van der Waals surface area contributed by atoms with Crippen molar-refractivity contribution in [2.24, 2.45) is 11.3 Å². The number of hydrogen-bond donors (Lipinski definition) is 0. The number of nitriles is 1. The molecular formula is C16H19NO2S. The summed E-state index contributed by atoms with van der Waals surface area (Å²) in [6, 6.07) is 12.4. The molecule has 0 aliphatic heterocycles. The third kappa shape index (κ3) is 3.16. The summed E-state index contributed by atoms with van der Waals surface area (Å²) in [7, 11) is -1.12. The fraction of sp³-hybridized carbons (Fsp3) is 0.500. The van der Waals surface area contributed by atoms with E-state index in [0.29, 0.717) is 6.42 Å². The lowest BCUT2D eigenvalue weighted by molar-refractivity contribution is -0.128. The van der Waals surface area contributed by atoms with E-state index in [1.807, 2.05) is 30.3 Å². The fourth-order valence-electron chi connectivity index (χ4n) is 2.91. The van der Waals surface area contributed by atoms with E-state index in [4.69, 9.17) is 0 Å². The number of rotatable bonds is 6. The highest BCUT2D eigenvalue weighted by Gasteiger charge is 2.50. The molecule has 0 N–H and O–H groups in total. The Labute approximate surface area is 122 Å². The summed E-state index contributed by atoms with van der Waals surface area (Å²) >= 11 is 0. The molecule has 2 rings (SSSR count). The van der Waals surface area contributed by atoms with Gasteiger partial charge in [-0.2, -0.15) is 5.26 Å². The van der Waals surface area contributed by atoms with Gasteiger partial charge < -0.3 is 0 Å². The Kier molecular flexibility index (Phi) is 4.72. The molecule has 0 saturated heterocycles. The largest absolute Gasteiger partial charge is 0.298 e. The van der Waals surface area contributed by atoms with Crippen molar-refractivity contribution in [2.45, 2.75) is 25.7 Å². The fourth-order valence-corrected chi connectivity index (χ4v) is 3.51. The van der Waals surface area contributed by atoms with Crippen LogP contribution in [-0.2, 0) is 22.0 Å². The van der Waals surface area contributed by atoms with Crippen molar-refractivity contribution >= 4 is 16.6 Å². The SMILES string of the molecule is CS(=O)CC(=O)C1CCC1(C#N)CCc1ccccc1. The van der Waals surface area contributed by atoms with E-state index < -0.39 is 16.2 Å². The molecule has 1 aliphatic carbocycles. The lowest BCUT2D eigenvalue weighted by Crippen LogP contribution is -2.45. The summed E-state index contributed by atoms with van der Waals surface area (Å²) in [6.45, 7) is 0. The molecule has 3 unspecified atom stereocenters.